The normalized spacial score (nSPS) is 21.8. The van der Waals surface area contributed by atoms with Gasteiger partial charge in [0, 0.05) is 13.1 Å². The Balaban J connectivity index is 2.02. The van der Waals surface area contributed by atoms with Gasteiger partial charge in [0.1, 0.15) is 5.60 Å². The molecule has 2 aliphatic rings. The van der Waals surface area contributed by atoms with Crippen LogP contribution >= 0.6 is 0 Å². The summed E-state index contributed by atoms with van der Waals surface area (Å²) in [7, 11) is 0. The van der Waals surface area contributed by atoms with E-state index in [4.69, 9.17) is 9.47 Å². The van der Waals surface area contributed by atoms with E-state index < -0.39 is 23.8 Å². The summed E-state index contributed by atoms with van der Waals surface area (Å²) in [5, 5.41) is 13.5. The molecule has 2 N–H and O–H groups in total. The van der Waals surface area contributed by atoms with Crippen molar-refractivity contribution in [3.63, 3.8) is 0 Å². The van der Waals surface area contributed by atoms with Crippen LogP contribution in [0, 0.1) is 5.92 Å². The van der Waals surface area contributed by atoms with Gasteiger partial charge in [-0.3, -0.25) is 4.79 Å². The molecule has 0 radical (unpaired) electrons. The molecular formula is C19H34N2O5. The average molecular weight is 370 g/mol. The Morgan fingerprint density at radius 2 is 1.81 bits per heavy atom. The topological polar surface area (TPSA) is 88.1 Å². The minimum Gasteiger partial charge on any atom is -0.444 e. The molecule has 150 valence electrons. The van der Waals surface area contributed by atoms with Crippen molar-refractivity contribution < 1.29 is 24.2 Å². The zero-order valence-corrected chi connectivity index (χ0v) is 16.3. The van der Waals surface area contributed by atoms with E-state index in [0.29, 0.717) is 38.6 Å². The van der Waals surface area contributed by atoms with Crippen LogP contribution in [0.25, 0.3) is 0 Å². The van der Waals surface area contributed by atoms with Gasteiger partial charge in [-0.15, -0.1) is 0 Å². The van der Waals surface area contributed by atoms with Crippen molar-refractivity contribution in [3.8, 4) is 0 Å². The van der Waals surface area contributed by atoms with Crippen LogP contribution in [-0.2, 0) is 14.3 Å². The Hall–Kier alpha value is -1.34. The van der Waals surface area contributed by atoms with Gasteiger partial charge in [0.2, 0.25) is 0 Å². The van der Waals surface area contributed by atoms with Crippen LogP contribution in [0.15, 0.2) is 0 Å². The molecule has 2 atom stereocenters. The van der Waals surface area contributed by atoms with Crippen LogP contribution in [0.2, 0.25) is 0 Å². The molecule has 26 heavy (non-hydrogen) atoms. The number of rotatable bonds is 5. The Bertz CT molecular complexity index is 465. The van der Waals surface area contributed by atoms with Crippen LogP contribution in [0.4, 0.5) is 4.79 Å². The number of carbonyl (C=O) groups excluding carboxylic acids is 2. The van der Waals surface area contributed by atoms with Gasteiger partial charge in [-0.2, -0.15) is 0 Å². The summed E-state index contributed by atoms with van der Waals surface area (Å²) < 4.78 is 10.6. The van der Waals surface area contributed by atoms with Crippen molar-refractivity contribution in [1.29, 1.82) is 0 Å². The van der Waals surface area contributed by atoms with E-state index in [0.717, 1.165) is 25.7 Å². The summed E-state index contributed by atoms with van der Waals surface area (Å²) in [6.07, 6.45) is 4.45. The van der Waals surface area contributed by atoms with Gasteiger partial charge in [-0.1, -0.05) is 32.1 Å². The van der Waals surface area contributed by atoms with Gasteiger partial charge in [0.15, 0.2) is 6.10 Å². The third-order valence-electron chi connectivity index (χ3n) is 4.97. The molecule has 2 amide bonds. The largest absolute Gasteiger partial charge is 0.444 e. The van der Waals surface area contributed by atoms with Crippen molar-refractivity contribution in [2.24, 2.45) is 5.92 Å². The Labute approximate surface area is 156 Å². The van der Waals surface area contributed by atoms with Gasteiger partial charge in [-0.25, -0.2) is 4.79 Å². The Kier molecular flexibility index (Phi) is 7.70. The number of morpholine rings is 1. The first-order valence-corrected chi connectivity index (χ1v) is 9.80. The molecule has 1 aliphatic heterocycles. The smallest absolute Gasteiger partial charge is 0.407 e. The molecule has 0 aromatic carbocycles. The first-order valence-electron chi connectivity index (χ1n) is 9.80. The third-order valence-corrected chi connectivity index (χ3v) is 4.97. The second-order valence-corrected chi connectivity index (χ2v) is 8.37. The quantitative estimate of drug-likeness (QED) is 0.773. The average Bonchev–Trinajstić information content (AvgIpc) is 2.60. The van der Waals surface area contributed by atoms with Gasteiger partial charge in [0.25, 0.3) is 5.91 Å². The summed E-state index contributed by atoms with van der Waals surface area (Å²) in [5.74, 6) is 0.0704. The van der Waals surface area contributed by atoms with E-state index in [1.54, 1.807) is 25.7 Å². The van der Waals surface area contributed by atoms with E-state index >= 15 is 0 Å². The second-order valence-electron chi connectivity index (χ2n) is 8.37. The second kappa shape index (κ2) is 9.55. The number of carbonyl (C=O) groups is 2. The summed E-state index contributed by atoms with van der Waals surface area (Å²) in [5.41, 5.74) is -0.626. The monoisotopic (exact) mass is 370 g/mol. The summed E-state index contributed by atoms with van der Waals surface area (Å²) in [6.45, 7) is 7.27. The maximum absolute atomic E-state index is 12.7. The van der Waals surface area contributed by atoms with E-state index in [1.807, 2.05) is 0 Å². The van der Waals surface area contributed by atoms with E-state index in [-0.39, 0.29) is 5.91 Å². The molecule has 1 heterocycles. The Morgan fingerprint density at radius 1 is 1.19 bits per heavy atom. The molecule has 0 aromatic rings. The highest BCUT2D eigenvalue weighted by atomic mass is 16.6. The minimum atomic E-state index is -1.26. The molecule has 0 aromatic heterocycles. The van der Waals surface area contributed by atoms with E-state index in [9.17, 15) is 14.7 Å². The summed E-state index contributed by atoms with van der Waals surface area (Å²) in [4.78, 5) is 26.5. The van der Waals surface area contributed by atoms with Crippen molar-refractivity contribution >= 4 is 12.0 Å². The maximum Gasteiger partial charge on any atom is 0.407 e. The predicted molar refractivity (Wildman–Crippen MR) is 97.8 cm³/mol. The standard InChI is InChI=1S/C19H34N2O5/c1-19(2,3)26-18(24)20-15(13-14-7-5-4-6-8-14)16(22)17(23)21-9-11-25-12-10-21/h14-16,22H,4-13H2,1-3H3,(H,20,24)/t15-,16?/m0/s1. The first kappa shape index (κ1) is 21.0. The fraction of sp³-hybridized carbons (Fsp3) is 0.895. The lowest BCUT2D eigenvalue weighted by atomic mass is 9.83. The highest BCUT2D eigenvalue weighted by Crippen LogP contribution is 2.28. The molecule has 1 aliphatic carbocycles. The van der Waals surface area contributed by atoms with E-state index in [1.165, 1.54) is 6.42 Å². The van der Waals surface area contributed by atoms with Gasteiger partial charge >= 0.3 is 6.09 Å². The molecule has 1 saturated carbocycles. The lowest BCUT2D eigenvalue weighted by Gasteiger charge is -2.34. The summed E-state index contributed by atoms with van der Waals surface area (Å²) >= 11 is 0. The third kappa shape index (κ3) is 6.76. The molecule has 1 saturated heterocycles. The van der Waals surface area contributed by atoms with Crippen molar-refractivity contribution in [3.05, 3.63) is 0 Å². The van der Waals surface area contributed by atoms with Crippen LogP contribution in [-0.4, -0.2) is 66.1 Å². The fourth-order valence-corrected chi connectivity index (χ4v) is 3.65. The molecule has 2 fully saturated rings. The van der Waals surface area contributed by atoms with Gasteiger partial charge in [-0.05, 0) is 33.1 Å². The van der Waals surface area contributed by atoms with Crippen molar-refractivity contribution in [1.82, 2.24) is 10.2 Å². The number of aliphatic hydroxyl groups excluding tert-OH is 1. The molecule has 0 spiro atoms. The SMILES string of the molecule is CC(C)(C)OC(=O)N[C@@H](CC1CCCCC1)C(O)C(=O)N1CCOCC1. The zero-order chi connectivity index (χ0) is 19.2. The zero-order valence-electron chi connectivity index (χ0n) is 16.3. The Morgan fingerprint density at radius 3 is 2.38 bits per heavy atom. The fourth-order valence-electron chi connectivity index (χ4n) is 3.65. The molecule has 0 bridgehead atoms. The summed E-state index contributed by atoms with van der Waals surface area (Å²) in [6, 6.07) is -0.636. The highest BCUT2D eigenvalue weighted by Gasteiger charge is 2.34. The number of nitrogens with zero attached hydrogens (tertiary/aromatic N) is 1. The predicted octanol–water partition coefficient (Wildman–Crippen LogP) is 2.07. The number of hydrogen-bond donors (Lipinski definition) is 2. The molecular weight excluding hydrogens is 336 g/mol. The van der Waals surface area contributed by atoms with Crippen LogP contribution in [0.3, 0.4) is 0 Å². The van der Waals surface area contributed by atoms with Crippen molar-refractivity contribution in [2.45, 2.75) is 77.0 Å². The highest BCUT2D eigenvalue weighted by molar-refractivity contribution is 5.82. The number of nitrogens with one attached hydrogen (secondary N) is 1. The minimum absolute atomic E-state index is 0.342. The number of aliphatic hydroxyl groups is 1. The van der Waals surface area contributed by atoms with Crippen LogP contribution in [0.5, 0.6) is 0 Å². The van der Waals surface area contributed by atoms with E-state index in [2.05, 4.69) is 5.32 Å². The lowest BCUT2D eigenvalue weighted by Crippen LogP contribution is -2.55. The molecule has 1 unspecified atom stereocenters. The molecule has 7 nitrogen and oxygen atoms in total. The first-order chi connectivity index (χ1) is 12.3. The number of ether oxygens (including phenoxy) is 2. The number of amides is 2. The molecule has 7 heteroatoms. The number of alkyl carbamates (subject to hydrolysis) is 1. The lowest BCUT2D eigenvalue weighted by molar-refractivity contribution is -0.146. The van der Waals surface area contributed by atoms with Gasteiger partial charge < -0.3 is 24.8 Å². The van der Waals surface area contributed by atoms with Crippen LogP contribution < -0.4 is 5.32 Å². The van der Waals surface area contributed by atoms with Crippen LogP contribution in [0.1, 0.15) is 59.3 Å². The number of hydrogen-bond acceptors (Lipinski definition) is 5. The van der Waals surface area contributed by atoms with Crippen molar-refractivity contribution in [2.75, 3.05) is 26.3 Å². The van der Waals surface area contributed by atoms with Gasteiger partial charge in [0.05, 0.1) is 19.3 Å². The molecule has 2 rings (SSSR count). The maximum atomic E-state index is 12.7.